The zero-order valence-electron chi connectivity index (χ0n) is 22.7. The number of imidazole rings is 1. The Kier molecular flexibility index (Phi) is 12.0. The Morgan fingerprint density at radius 2 is 1.88 bits per heavy atom. The van der Waals surface area contributed by atoms with E-state index in [1.165, 1.54) is 35.2 Å². The first-order chi connectivity index (χ1) is 18.3. The molecule has 0 radical (unpaired) electrons. The maximum atomic E-state index is 12.5. The smallest absolute Gasteiger partial charge is 0.756 e. The second kappa shape index (κ2) is 14.3. The fourth-order valence-corrected chi connectivity index (χ4v) is 3.95. The predicted molar refractivity (Wildman–Crippen MR) is 134 cm³/mol. The van der Waals surface area contributed by atoms with Crippen LogP contribution in [0.5, 0.6) is 5.75 Å². The van der Waals surface area contributed by atoms with E-state index in [2.05, 4.69) is 19.7 Å². The third kappa shape index (κ3) is 9.49. The molecule has 3 aromatic rings. The molecule has 212 valence electrons. The number of nitrogens with two attached hydrogens (primary N) is 1. The third-order valence-corrected chi connectivity index (χ3v) is 6.12. The van der Waals surface area contributed by atoms with Gasteiger partial charge < -0.3 is 33.9 Å². The Bertz CT molecular complexity index is 1420. The molecule has 17 heteroatoms. The van der Waals surface area contributed by atoms with Crippen molar-refractivity contribution in [2.24, 2.45) is 5.41 Å². The molecule has 0 amide bonds. The molecule has 15 nitrogen and oxygen atoms in total. The van der Waals surface area contributed by atoms with Gasteiger partial charge in [-0.25, -0.2) is 4.98 Å². The number of nitrogens with one attached hydrogen (secondary N) is 1. The van der Waals surface area contributed by atoms with Gasteiger partial charge in [0.05, 0.1) is 38.5 Å². The molecular formula is C23H29N5NaO10P. The van der Waals surface area contributed by atoms with E-state index in [1.54, 1.807) is 20.8 Å². The predicted octanol–water partition coefficient (Wildman–Crippen LogP) is -1.56. The second-order valence-corrected chi connectivity index (χ2v) is 10.6. The minimum atomic E-state index is -4.91. The number of ether oxygens (including phenoxy) is 3. The molecule has 0 aliphatic carbocycles. The number of phosphoric ester groups is 1. The number of fused-ring (bicyclic) bond motifs is 1. The first-order valence-corrected chi connectivity index (χ1v) is 13.1. The normalized spacial score (nSPS) is 13.7. The van der Waals surface area contributed by atoms with Crippen LogP contribution in [0.2, 0.25) is 0 Å². The van der Waals surface area contributed by atoms with Crippen LogP contribution < -0.4 is 50.5 Å². The molecule has 0 fully saturated rings. The molecule has 0 aliphatic heterocycles. The molecule has 0 aliphatic rings. The van der Waals surface area contributed by atoms with Crippen LogP contribution in [0.4, 0.5) is 5.95 Å². The number of hydrogen-bond acceptors (Lipinski definition) is 13. The number of H-pyrrole nitrogens is 1. The van der Waals surface area contributed by atoms with E-state index >= 15 is 0 Å². The number of anilines is 1. The van der Waals surface area contributed by atoms with E-state index in [1.807, 2.05) is 0 Å². The van der Waals surface area contributed by atoms with Crippen LogP contribution >= 0.6 is 7.82 Å². The number of nitrogen functional groups attached to an aromatic ring is 1. The summed E-state index contributed by atoms with van der Waals surface area (Å²) in [6, 6.07) is 5.83. The molecule has 0 saturated carbocycles. The van der Waals surface area contributed by atoms with Crippen molar-refractivity contribution >= 4 is 36.9 Å². The standard InChI is InChI=1S/C23H30N5O10P.Na/c1-23(2,3)21(31)37-15-7-5-14(6-8-15)16(11-17(29)34-4)38-39(32,33)36-10-9-35-13-28-12-25-18-19(28)26-22(24)27-20(18)30;/h5-8,12,16H,9-11,13H2,1-4H3,(H,32,33)(H3,24,26,27,30);/q;+1/p-1. The van der Waals surface area contributed by atoms with Crippen LogP contribution in [0.25, 0.3) is 11.2 Å². The van der Waals surface area contributed by atoms with Crippen molar-refractivity contribution in [3.05, 3.63) is 46.5 Å². The summed E-state index contributed by atoms with van der Waals surface area (Å²) in [7, 11) is -3.75. The van der Waals surface area contributed by atoms with Crippen molar-refractivity contribution in [3.8, 4) is 5.75 Å². The summed E-state index contributed by atoms with van der Waals surface area (Å²) >= 11 is 0. The largest absolute Gasteiger partial charge is 1.00 e. The van der Waals surface area contributed by atoms with Gasteiger partial charge in [0, 0.05) is 0 Å². The zero-order valence-corrected chi connectivity index (χ0v) is 25.6. The summed E-state index contributed by atoms with van der Waals surface area (Å²) < 4.78 is 39.2. The molecule has 40 heavy (non-hydrogen) atoms. The molecule has 3 rings (SSSR count). The minimum absolute atomic E-state index is 0. The topological polar surface area (TPSA) is 210 Å². The van der Waals surface area contributed by atoms with Gasteiger partial charge >= 0.3 is 41.5 Å². The molecule has 0 bridgehead atoms. The fourth-order valence-electron chi connectivity index (χ4n) is 3.08. The first kappa shape index (κ1) is 33.6. The molecule has 2 atom stereocenters. The average molecular weight is 589 g/mol. The molecular weight excluding hydrogens is 560 g/mol. The van der Waals surface area contributed by atoms with Crippen LogP contribution in [-0.4, -0.2) is 51.8 Å². The number of rotatable bonds is 12. The number of methoxy groups -OCH3 is 1. The van der Waals surface area contributed by atoms with Gasteiger partial charge in [0.1, 0.15) is 18.6 Å². The van der Waals surface area contributed by atoms with E-state index in [4.69, 9.17) is 24.3 Å². The van der Waals surface area contributed by atoms with Gasteiger partial charge in [0.25, 0.3) is 13.4 Å². The number of nitrogens with zero attached hydrogens (tertiary/aromatic N) is 3. The number of aromatic amines is 1. The Labute approximate surface area is 251 Å². The second-order valence-electron chi connectivity index (χ2n) is 9.24. The van der Waals surface area contributed by atoms with Crippen molar-refractivity contribution < 1.29 is 71.9 Å². The van der Waals surface area contributed by atoms with Crippen LogP contribution in [0.15, 0.2) is 35.4 Å². The summed E-state index contributed by atoms with van der Waals surface area (Å²) in [6.07, 6.45) is -0.366. The Hall–Kier alpha value is -2.62. The van der Waals surface area contributed by atoms with Gasteiger partial charge in [0.2, 0.25) is 5.95 Å². The molecule has 2 unspecified atom stereocenters. The number of esters is 2. The van der Waals surface area contributed by atoms with Crippen molar-refractivity contribution in [3.63, 3.8) is 0 Å². The van der Waals surface area contributed by atoms with Crippen LogP contribution in [0, 0.1) is 5.41 Å². The monoisotopic (exact) mass is 589 g/mol. The minimum Gasteiger partial charge on any atom is -0.756 e. The molecule has 1 aromatic carbocycles. The number of hydrogen-bond donors (Lipinski definition) is 2. The van der Waals surface area contributed by atoms with Crippen molar-refractivity contribution in [2.75, 3.05) is 26.1 Å². The quantitative estimate of drug-likeness (QED) is 0.0806. The summed E-state index contributed by atoms with van der Waals surface area (Å²) in [5.41, 5.74) is 4.88. The average Bonchev–Trinajstić information content (AvgIpc) is 3.26. The van der Waals surface area contributed by atoms with Crippen molar-refractivity contribution in [1.29, 1.82) is 0 Å². The molecule has 0 saturated heterocycles. The van der Waals surface area contributed by atoms with E-state index < -0.39 is 49.9 Å². The van der Waals surface area contributed by atoms with Crippen LogP contribution in [0.3, 0.4) is 0 Å². The number of benzene rings is 1. The Balaban J connectivity index is 0.00000560. The van der Waals surface area contributed by atoms with E-state index in [-0.39, 0.29) is 65.8 Å². The van der Waals surface area contributed by atoms with Gasteiger partial charge in [-0.15, -0.1) is 0 Å². The van der Waals surface area contributed by atoms with E-state index in [0.717, 1.165) is 7.11 Å². The van der Waals surface area contributed by atoms with Gasteiger partial charge in [0.15, 0.2) is 11.2 Å². The van der Waals surface area contributed by atoms with E-state index in [9.17, 15) is 23.8 Å². The zero-order chi connectivity index (χ0) is 28.8. The maximum Gasteiger partial charge on any atom is 1.00 e. The van der Waals surface area contributed by atoms with Crippen molar-refractivity contribution in [1.82, 2.24) is 19.5 Å². The van der Waals surface area contributed by atoms with Gasteiger partial charge in [-0.05, 0) is 38.5 Å². The molecule has 0 spiro atoms. The summed E-state index contributed by atoms with van der Waals surface area (Å²) in [5, 5.41) is 0. The van der Waals surface area contributed by atoms with Crippen molar-refractivity contribution in [2.45, 2.75) is 40.0 Å². The van der Waals surface area contributed by atoms with Crippen LogP contribution in [0.1, 0.15) is 38.9 Å². The Morgan fingerprint density at radius 3 is 2.50 bits per heavy atom. The van der Waals surface area contributed by atoms with Gasteiger partial charge in [-0.1, -0.05) is 12.1 Å². The number of phosphoric acid groups is 1. The summed E-state index contributed by atoms with van der Waals surface area (Å²) in [4.78, 5) is 58.5. The Morgan fingerprint density at radius 1 is 1.20 bits per heavy atom. The summed E-state index contributed by atoms with van der Waals surface area (Å²) in [5.74, 6) is -1.02. The van der Waals surface area contributed by atoms with Gasteiger partial charge in [-0.3, -0.25) is 28.5 Å². The summed E-state index contributed by atoms with van der Waals surface area (Å²) in [6.45, 7) is 4.42. The molecule has 2 aromatic heterocycles. The fraction of sp³-hybridized carbons (Fsp3) is 0.435. The SMILES string of the molecule is COC(=O)CC(OP(=O)([O-])OCCOCn1cnc2c(=O)[nH]c(N)nc21)c1ccc(OC(=O)C(C)(C)C)cc1.[Na+]. The first-order valence-electron chi connectivity index (χ1n) is 11.6. The maximum absolute atomic E-state index is 12.5. The van der Waals surface area contributed by atoms with Crippen LogP contribution in [-0.2, 0) is 39.4 Å². The third-order valence-electron chi connectivity index (χ3n) is 5.11. The molecule has 2 heterocycles. The van der Waals surface area contributed by atoms with E-state index in [0.29, 0.717) is 5.56 Å². The number of aromatic nitrogens is 4. The number of carbonyl (C=O) groups excluding carboxylic acids is 2. The van der Waals surface area contributed by atoms with Gasteiger partial charge in [-0.2, -0.15) is 4.98 Å². The molecule has 3 N–H and O–H groups in total. The number of carbonyl (C=O) groups is 2.